The molecule has 42 heavy (non-hydrogen) atoms. The van der Waals surface area contributed by atoms with Crippen LogP contribution in [0.4, 0.5) is 18.9 Å². The molecule has 0 atom stereocenters. The minimum Gasteiger partial charge on any atom is -0.334 e. The van der Waals surface area contributed by atoms with E-state index in [0.29, 0.717) is 51.3 Å². The monoisotopic (exact) mass is 618 g/mol. The van der Waals surface area contributed by atoms with Crippen LogP contribution in [0.5, 0.6) is 0 Å². The second-order valence-electron chi connectivity index (χ2n) is 10.6. The highest BCUT2D eigenvalue weighted by atomic mass is 32.2. The van der Waals surface area contributed by atoms with E-state index in [2.05, 4.69) is 4.90 Å². The van der Waals surface area contributed by atoms with Crippen LogP contribution < -0.4 is 4.90 Å². The molecule has 2 aromatic carbocycles. The van der Waals surface area contributed by atoms with Gasteiger partial charge >= 0.3 is 6.18 Å². The third kappa shape index (κ3) is 6.13. The molecule has 2 aromatic rings. The average molecular weight is 619 g/mol. The quantitative estimate of drug-likeness (QED) is 0.323. The summed E-state index contributed by atoms with van der Waals surface area (Å²) in [7, 11) is -3.65. The Morgan fingerprint density at radius 3 is 2.14 bits per heavy atom. The van der Waals surface area contributed by atoms with E-state index in [9.17, 15) is 26.4 Å². The number of rotatable bonds is 8. The van der Waals surface area contributed by atoms with Crippen molar-refractivity contribution in [3.05, 3.63) is 59.2 Å². The van der Waals surface area contributed by atoms with Gasteiger partial charge in [0, 0.05) is 32.7 Å². The van der Waals surface area contributed by atoms with Crippen molar-refractivity contribution in [2.24, 2.45) is 0 Å². The molecule has 2 aliphatic heterocycles. The van der Waals surface area contributed by atoms with Gasteiger partial charge in [0.2, 0.25) is 10.0 Å². The molecule has 0 unspecified atom stereocenters. The first kappa shape index (κ1) is 31.4. The summed E-state index contributed by atoms with van der Waals surface area (Å²) in [5, 5.41) is 18.1. The van der Waals surface area contributed by atoms with Gasteiger partial charge in [-0.2, -0.15) is 28.0 Å². The van der Waals surface area contributed by atoms with Crippen molar-refractivity contribution in [3.63, 3.8) is 0 Å². The molecule has 14 heteroatoms. The summed E-state index contributed by atoms with van der Waals surface area (Å²) in [4.78, 5) is 18.4. The molecule has 0 saturated carbocycles. The molecule has 9 nitrogen and oxygen atoms in total. The minimum absolute atomic E-state index is 0.0410. The van der Waals surface area contributed by atoms with E-state index in [1.807, 2.05) is 6.07 Å². The zero-order valence-corrected chi connectivity index (χ0v) is 24.7. The molecule has 0 aliphatic carbocycles. The third-order valence-corrected chi connectivity index (χ3v) is 9.88. The van der Waals surface area contributed by atoms with Crippen molar-refractivity contribution >= 4 is 38.9 Å². The van der Waals surface area contributed by atoms with E-state index in [0.717, 1.165) is 23.5 Å². The molecule has 2 saturated heterocycles. The fourth-order valence-corrected chi connectivity index (χ4v) is 7.02. The van der Waals surface area contributed by atoms with Crippen molar-refractivity contribution in [2.45, 2.75) is 43.3 Å². The van der Waals surface area contributed by atoms with Gasteiger partial charge in [-0.15, -0.1) is 0 Å². The molecule has 4 rings (SSSR count). The number of benzene rings is 2. The van der Waals surface area contributed by atoms with Crippen LogP contribution in [0, 0.1) is 22.7 Å². The molecule has 2 heterocycles. The van der Waals surface area contributed by atoms with E-state index < -0.39 is 38.8 Å². The molecule has 0 spiro atoms. The SMILES string of the molecule is CC1(C)C(=O)N(c2ccc(C#N)c(C(F)(F)F)c2)C(=S)N1CCCCN1CCN(S(=O)(=O)c2ccc(C#N)cc2)CC1. The first-order valence-electron chi connectivity index (χ1n) is 13.2. The summed E-state index contributed by atoms with van der Waals surface area (Å²) >= 11 is 5.54. The van der Waals surface area contributed by atoms with Crippen LogP contribution in [-0.4, -0.2) is 78.3 Å². The van der Waals surface area contributed by atoms with Gasteiger partial charge in [0.05, 0.1) is 39.4 Å². The molecule has 0 aromatic heterocycles. The molecule has 1 amide bonds. The lowest BCUT2D eigenvalue weighted by atomic mass is 10.0. The van der Waals surface area contributed by atoms with Gasteiger partial charge < -0.3 is 9.80 Å². The average Bonchev–Trinajstić information content (AvgIpc) is 3.13. The van der Waals surface area contributed by atoms with Crippen LogP contribution in [0.1, 0.15) is 43.4 Å². The Bertz CT molecular complexity index is 1560. The molecule has 0 N–H and O–H groups in total. The zero-order chi connectivity index (χ0) is 30.9. The van der Waals surface area contributed by atoms with Gasteiger partial charge in [0.1, 0.15) is 5.54 Å². The second-order valence-corrected chi connectivity index (χ2v) is 12.9. The van der Waals surface area contributed by atoms with Crippen molar-refractivity contribution in [1.82, 2.24) is 14.1 Å². The number of piperazine rings is 1. The number of alkyl halides is 3. The number of unbranched alkanes of at least 4 members (excludes halogenated alkanes) is 1. The standard InChI is InChI=1S/C28H29F3N6O3S2/c1-27(2)25(38)37(22-8-7-21(19-33)24(17-22)28(29,30)31)26(41)36(27)12-4-3-11-34-13-15-35(16-14-34)42(39,40)23-9-5-20(18-32)6-10-23/h5-10,17H,3-4,11-16H2,1-2H3. The smallest absolute Gasteiger partial charge is 0.334 e. The van der Waals surface area contributed by atoms with Crippen molar-refractivity contribution in [3.8, 4) is 12.1 Å². The zero-order valence-electron chi connectivity index (χ0n) is 23.1. The summed E-state index contributed by atoms with van der Waals surface area (Å²) < 4.78 is 67.9. The van der Waals surface area contributed by atoms with Gasteiger partial charge in [-0.3, -0.25) is 9.69 Å². The van der Waals surface area contributed by atoms with E-state index in [1.54, 1.807) is 18.7 Å². The molecule has 2 fully saturated rings. The summed E-state index contributed by atoms with van der Waals surface area (Å²) in [6.07, 6.45) is -3.38. The normalized spacial score (nSPS) is 18.3. The Labute approximate surface area is 248 Å². The largest absolute Gasteiger partial charge is 0.417 e. The fourth-order valence-electron chi connectivity index (χ4n) is 5.09. The number of halogens is 3. The number of amides is 1. The maximum absolute atomic E-state index is 13.5. The van der Waals surface area contributed by atoms with Gasteiger partial charge in [-0.05, 0) is 87.9 Å². The predicted octanol–water partition coefficient (Wildman–Crippen LogP) is 3.95. The molecule has 0 bridgehead atoms. The van der Waals surface area contributed by atoms with E-state index in [4.69, 9.17) is 22.7 Å². The first-order chi connectivity index (χ1) is 19.7. The summed E-state index contributed by atoms with van der Waals surface area (Å²) in [5.41, 5.74) is -2.39. The van der Waals surface area contributed by atoms with Gasteiger partial charge in [0.25, 0.3) is 5.91 Å². The Morgan fingerprint density at radius 1 is 0.952 bits per heavy atom. The molecule has 222 valence electrons. The van der Waals surface area contributed by atoms with E-state index in [-0.39, 0.29) is 15.7 Å². The van der Waals surface area contributed by atoms with Crippen molar-refractivity contribution < 1.29 is 26.4 Å². The maximum Gasteiger partial charge on any atom is 0.417 e. The van der Waals surface area contributed by atoms with Crippen molar-refractivity contribution in [2.75, 3.05) is 44.2 Å². The van der Waals surface area contributed by atoms with Crippen LogP contribution in [0.25, 0.3) is 0 Å². The number of carbonyl (C=O) groups is 1. The second kappa shape index (κ2) is 12.0. The minimum atomic E-state index is -4.76. The Kier molecular flexibility index (Phi) is 8.94. The number of sulfonamides is 1. The molecular weight excluding hydrogens is 589 g/mol. The predicted molar refractivity (Wildman–Crippen MR) is 153 cm³/mol. The summed E-state index contributed by atoms with van der Waals surface area (Å²) in [5.74, 6) is -0.454. The molecule has 2 aliphatic rings. The van der Waals surface area contributed by atoms with E-state index >= 15 is 0 Å². The number of hydrogen-bond acceptors (Lipinski definition) is 7. The highest BCUT2D eigenvalue weighted by Crippen LogP contribution is 2.38. The summed E-state index contributed by atoms with van der Waals surface area (Å²) in [6.45, 7) is 6.22. The van der Waals surface area contributed by atoms with Crippen LogP contribution in [0.15, 0.2) is 47.4 Å². The van der Waals surface area contributed by atoms with Gasteiger partial charge in [-0.1, -0.05) is 0 Å². The number of carbonyl (C=O) groups excluding carboxylic acids is 1. The van der Waals surface area contributed by atoms with Gasteiger partial charge in [-0.25, -0.2) is 8.42 Å². The Morgan fingerprint density at radius 2 is 1.57 bits per heavy atom. The summed E-state index contributed by atoms with van der Waals surface area (Å²) in [6, 6.07) is 12.5. The highest BCUT2D eigenvalue weighted by molar-refractivity contribution is 7.89. The first-order valence-corrected chi connectivity index (χ1v) is 15.1. The number of nitriles is 2. The van der Waals surface area contributed by atoms with Crippen LogP contribution in [-0.2, 0) is 21.0 Å². The fraction of sp³-hybridized carbons (Fsp3) is 0.429. The molecule has 0 radical (unpaired) electrons. The lowest BCUT2D eigenvalue weighted by Gasteiger charge is -2.34. The highest BCUT2D eigenvalue weighted by Gasteiger charge is 2.49. The third-order valence-electron chi connectivity index (χ3n) is 7.57. The van der Waals surface area contributed by atoms with E-state index in [1.165, 1.54) is 40.7 Å². The number of hydrogen-bond donors (Lipinski definition) is 0. The lowest BCUT2D eigenvalue weighted by molar-refractivity contribution is -0.137. The van der Waals surface area contributed by atoms with Crippen LogP contribution in [0.3, 0.4) is 0 Å². The van der Waals surface area contributed by atoms with Crippen LogP contribution in [0.2, 0.25) is 0 Å². The topological polar surface area (TPSA) is 112 Å². The van der Waals surface area contributed by atoms with Crippen molar-refractivity contribution in [1.29, 1.82) is 10.5 Å². The number of thiocarbonyl (C=S) groups is 1. The van der Waals surface area contributed by atoms with Crippen LogP contribution >= 0.6 is 12.2 Å². The number of anilines is 1. The Hall–Kier alpha value is -3.56. The lowest BCUT2D eigenvalue weighted by Crippen LogP contribution is -2.48. The maximum atomic E-state index is 13.5. The molecular formula is C28H29F3N6O3S2. The van der Waals surface area contributed by atoms with Gasteiger partial charge in [0.15, 0.2) is 5.11 Å². The number of nitrogens with zero attached hydrogens (tertiary/aromatic N) is 6. The Balaban J connectivity index is 1.32.